The highest BCUT2D eigenvalue weighted by atomic mass is 35.5. The van der Waals surface area contributed by atoms with Gasteiger partial charge in [-0.2, -0.15) is 0 Å². The lowest BCUT2D eigenvalue weighted by Crippen LogP contribution is -2.38. The number of primary amides is 1. The van der Waals surface area contributed by atoms with E-state index < -0.39 is 0 Å². The molecule has 4 N–H and O–H groups in total. The zero-order valence-electron chi connectivity index (χ0n) is 9.40. The first kappa shape index (κ1) is 12.0. The fraction of sp³-hybridized carbons (Fsp3) is 0.455. The third kappa shape index (κ3) is 2.44. The third-order valence-electron chi connectivity index (χ3n) is 3.16. The molecule has 1 amide bonds. The van der Waals surface area contributed by atoms with E-state index in [-0.39, 0.29) is 11.8 Å². The number of anilines is 2. The smallest absolute Gasteiger partial charge is 0.220 e. The molecule has 1 fully saturated rings. The summed E-state index contributed by atoms with van der Waals surface area (Å²) in [4.78, 5) is 17.1. The largest absolute Gasteiger partial charge is 0.395 e. The Labute approximate surface area is 105 Å². The molecule has 1 aromatic rings. The summed E-state index contributed by atoms with van der Waals surface area (Å²) in [6, 6.07) is 1.84. The van der Waals surface area contributed by atoms with E-state index in [4.69, 9.17) is 23.1 Å². The predicted molar refractivity (Wildman–Crippen MR) is 67.8 cm³/mol. The first-order chi connectivity index (χ1) is 8.09. The minimum atomic E-state index is -0.217. The van der Waals surface area contributed by atoms with E-state index in [0.717, 1.165) is 31.6 Å². The molecule has 6 heteroatoms. The fourth-order valence-electron chi connectivity index (χ4n) is 2.12. The number of carbonyl (C=O) groups excluding carboxylic acids is 1. The van der Waals surface area contributed by atoms with Crippen molar-refractivity contribution >= 4 is 28.9 Å². The molecule has 0 radical (unpaired) electrons. The zero-order chi connectivity index (χ0) is 12.4. The van der Waals surface area contributed by atoms with Gasteiger partial charge >= 0.3 is 0 Å². The van der Waals surface area contributed by atoms with Crippen molar-refractivity contribution in [3.63, 3.8) is 0 Å². The lowest BCUT2D eigenvalue weighted by atomic mass is 9.96. The number of nitrogen functional groups attached to an aromatic ring is 1. The standard InChI is InChI=1S/C11H15ClN4O/c12-10-9(13)8(1-4-15-10)16-5-2-7(3-6-16)11(14)17/h1,4,7H,2-3,5-6,13H2,(H2,14,17). The summed E-state index contributed by atoms with van der Waals surface area (Å²) in [5.74, 6) is -0.241. The van der Waals surface area contributed by atoms with Crippen LogP contribution in [-0.4, -0.2) is 24.0 Å². The second-order valence-electron chi connectivity index (χ2n) is 4.20. The molecule has 1 saturated heterocycles. The highest BCUT2D eigenvalue weighted by molar-refractivity contribution is 6.32. The number of halogens is 1. The van der Waals surface area contributed by atoms with Crippen LogP contribution in [-0.2, 0) is 4.79 Å². The molecule has 0 saturated carbocycles. The normalized spacial score (nSPS) is 17.1. The molecule has 1 aliphatic rings. The number of nitrogens with two attached hydrogens (primary N) is 2. The van der Waals surface area contributed by atoms with Gasteiger partial charge in [0.2, 0.25) is 5.91 Å². The van der Waals surface area contributed by atoms with Crippen LogP contribution < -0.4 is 16.4 Å². The highest BCUT2D eigenvalue weighted by Crippen LogP contribution is 2.31. The first-order valence-corrected chi connectivity index (χ1v) is 5.91. The zero-order valence-corrected chi connectivity index (χ0v) is 10.2. The molecular weight excluding hydrogens is 240 g/mol. The summed E-state index contributed by atoms with van der Waals surface area (Å²) >= 11 is 5.88. The Morgan fingerprint density at radius 1 is 1.47 bits per heavy atom. The van der Waals surface area contributed by atoms with Gasteiger partial charge in [0.1, 0.15) is 0 Å². The molecule has 0 bridgehead atoms. The maximum Gasteiger partial charge on any atom is 0.220 e. The maximum atomic E-state index is 11.1. The molecule has 0 atom stereocenters. The Morgan fingerprint density at radius 2 is 2.12 bits per heavy atom. The molecule has 0 aromatic carbocycles. The Bertz CT molecular complexity index is 429. The molecular formula is C11H15ClN4O. The molecule has 0 unspecified atom stereocenters. The van der Waals surface area contributed by atoms with Gasteiger partial charge in [0.25, 0.3) is 0 Å². The molecule has 0 aliphatic carbocycles. The number of rotatable bonds is 2. The number of nitrogens with zero attached hydrogens (tertiary/aromatic N) is 2. The van der Waals surface area contributed by atoms with Crippen LogP contribution in [0.5, 0.6) is 0 Å². The summed E-state index contributed by atoms with van der Waals surface area (Å²) < 4.78 is 0. The van der Waals surface area contributed by atoms with Crippen molar-refractivity contribution < 1.29 is 4.79 Å². The monoisotopic (exact) mass is 254 g/mol. The van der Waals surface area contributed by atoms with Gasteiger partial charge in [-0.15, -0.1) is 0 Å². The van der Waals surface area contributed by atoms with Crippen LogP contribution in [0.2, 0.25) is 5.15 Å². The van der Waals surface area contributed by atoms with E-state index >= 15 is 0 Å². The van der Waals surface area contributed by atoms with Crippen LogP contribution in [0.1, 0.15) is 12.8 Å². The molecule has 1 aromatic heterocycles. The van der Waals surface area contributed by atoms with Crippen LogP contribution in [0.15, 0.2) is 12.3 Å². The van der Waals surface area contributed by atoms with Crippen LogP contribution in [0, 0.1) is 5.92 Å². The number of pyridine rings is 1. The minimum absolute atomic E-state index is 0.0233. The summed E-state index contributed by atoms with van der Waals surface area (Å²) in [6.45, 7) is 1.52. The van der Waals surface area contributed by atoms with Crippen molar-refractivity contribution in [2.24, 2.45) is 11.7 Å². The summed E-state index contributed by atoms with van der Waals surface area (Å²) in [7, 11) is 0. The van der Waals surface area contributed by atoms with Gasteiger partial charge in [0.05, 0.1) is 11.4 Å². The Balaban J connectivity index is 2.10. The molecule has 17 heavy (non-hydrogen) atoms. The van der Waals surface area contributed by atoms with Gasteiger partial charge in [-0.05, 0) is 18.9 Å². The van der Waals surface area contributed by atoms with Crippen LogP contribution in [0.25, 0.3) is 0 Å². The molecule has 5 nitrogen and oxygen atoms in total. The molecule has 2 rings (SSSR count). The van der Waals surface area contributed by atoms with Crippen molar-refractivity contribution in [1.82, 2.24) is 4.98 Å². The van der Waals surface area contributed by atoms with Crippen LogP contribution in [0.3, 0.4) is 0 Å². The fourth-order valence-corrected chi connectivity index (χ4v) is 2.27. The van der Waals surface area contributed by atoms with E-state index in [9.17, 15) is 4.79 Å². The first-order valence-electron chi connectivity index (χ1n) is 5.54. The average molecular weight is 255 g/mol. The number of carbonyl (C=O) groups is 1. The van der Waals surface area contributed by atoms with Crippen molar-refractivity contribution in [1.29, 1.82) is 0 Å². The molecule has 2 heterocycles. The van der Waals surface area contributed by atoms with Crippen LogP contribution in [0.4, 0.5) is 11.4 Å². The van der Waals surface area contributed by atoms with Crippen molar-refractivity contribution in [2.45, 2.75) is 12.8 Å². The maximum absolute atomic E-state index is 11.1. The molecule has 1 aliphatic heterocycles. The number of amides is 1. The number of piperidine rings is 1. The van der Waals surface area contributed by atoms with Gasteiger partial charge in [-0.3, -0.25) is 4.79 Å². The Hall–Kier alpha value is -1.49. The molecule has 0 spiro atoms. The van der Waals surface area contributed by atoms with Gasteiger partial charge in [-0.1, -0.05) is 11.6 Å². The second-order valence-corrected chi connectivity index (χ2v) is 4.56. The second kappa shape index (κ2) is 4.79. The van der Waals surface area contributed by atoms with Crippen molar-refractivity contribution in [3.8, 4) is 0 Å². The highest BCUT2D eigenvalue weighted by Gasteiger charge is 2.24. The predicted octanol–water partition coefficient (Wildman–Crippen LogP) is 1.02. The quantitative estimate of drug-likeness (QED) is 0.772. The van der Waals surface area contributed by atoms with Gasteiger partial charge in [-0.25, -0.2) is 4.98 Å². The SMILES string of the molecule is NC(=O)C1CCN(c2ccnc(Cl)c2N)CC1. The van der Waals surface area contributed by atoms with E-state index in [1.54, 1.807) is 6.20 Å². The van der Waals surface area contributed by atoms with Crippen LogP contribution >= 0.6 is 11.6 Å². The average Bonchev–Trinajstić information content (AvgIpc) is 2.33. The van der Waals surface area contributed by atoms with Gasteiger partial charge in [0.15, 0.2) is 5.15 Å². The number of hydrogen-bond acceptors (Lipinski definition) is 4. The van der Waals surface area contributed by atoms with Gasteiger partial charge < -0.3 is 16.4 Å². The summed E-state index contributed by atoms with van der Waals surface area (Å²) in [5, 5.41) is 0.319. The van der Waals surface area contributed by atoms with Crippen molar-refractivity contribution in [2.75, 3.05) is 23.7 Å². The Morgan fingerprint density at radius 3 is 2.71 bits per heavy atom. The number of hydrogen-bond donors (Lipinski definition) is 2. The lowest BCUT2D eigenvalue weighted by Gasteiger charge is -2.33. The van der Waals surface area contributed by atoms with E-state index in [2.05, 4.69) is 9.88 Å². The lowest BCUT2D eigenvalue weighted by molar-refractivity contribution is -0.122. The number of aromatic nitrogens is 1. The van der Waals surface area contributed by atoms with Gasteiger partial charge in [0, 0.05) is 25.2 Å². The Kier molecular flexibility index (Phi) is 3.38. The minimum Gasteiger partial charge on any atom is -0.395 e. The van der Waals surface area contributed by atoms with E-state index in [1.165, 1.54) is 0 Å². The van der Waals surface area contributed by atoms with E-state index in [1.807, 2.05) is 6.07 Å². The topological polar surface area (TPSA) is 85.2 Å². The van der Waals surface area contributed by atoms with Crippen molar-refractivity contribution in [3.05, 3.63) is 17.4 Å². The third-order valence-corrected chi connectivity index (χ3v) is 3.46. The summed E-state index contributed by atoms with van der Waals surface area (Å²) in [5.41, 5.74) is 12.5. The molecule has 92 valence electrons. The summed E-state index contributed by atoms with van der Waals surface area (Å²) in [6.07, 6.45) is 3.15. The van der Waals surface area contributed by atoms with E-state index in [0.29, 0.717) is 10.8 Å².